The molecule has 1 fully saturated rings. The summed E-state index contributed by atoms with van der Waals surface area (Å²) in [7, 11) is 1.62. The zero-order chi connectivity index (χ0) is 18.0. The minimum Gasteiger partial charge on any atom is -0.387 e. The zero-order valence-corrected chi connectivity index (χ0v) is 14.7. The maximum absolute atomic E-state index is 13.5. The third-order valence-corrected chi connectivity index (χ3v) is 5.72. The Kier molecular flexibility index (Phi) is 4.94. The number of piperidine rings is 1. The normalized spacial score (nSPS) is 31.9. The number of nitriles is 1. The molecule has 1 aromatic rings. The third kappa shape index (κ3) is 2.76. The monoisotopic (exact) mass is 340 g/mol. The van der Waals surface area contributed by atoms with E-state index in [-0.39, 0.29) is 23.3 Å². The minimum absolute atomic E-state index is 0.00139. The highest BCUT2D eigenvalue weighted by Gasteiger charge is 2.56. The van der Waals surface area contributed by atoms with E-state index < -0.39 is 11.5 Å². The molecule has 1 saturated heterocycles. The number of ether oxygens (including phenoxy) is 1. The van der Waals surface area contributed by atoms with Gasteiger partial charge in [-0.1, -0.05) is 37.3 Å². The van der Waals surface area contributed by atoms with Crippen LogP contribution in [0.3, 0.4) is 0 Å². The molecule has 132 valence electrons. The molecule has 1 aliphatic carbocycles. The fourth-order valence-electron chi connectivity index (χ4n) is 4.37. The van der Waals surface area contributed by atoms with Gasteiger partial charge < -0.3 is 14.7 Å². The molecule has 5 heteroatoms. The Hall–Kier alpha value is -2.16. The van der Waals surface area contributed by atoms with E-state index in [1.807, 2.05) is 42.2 Å². The number of carbonyl (C=O) groups is 1. The van der Waals surface area contributed by atoms with Crippen LogP contribution in [0.4, 0.5) is 0 Å². The van der Waals surface area contributed by atoms with E-state index in [9.17, 15) is 15.2 Å². The van der Waals surface area contributed by atoms with E-state index >= 15 is 0 Å². The van der Waals surface area contributed by atoms with Crippen molar-refractivity contribution in [3.05, 3.63) is 47.5 Å². The summed E-state index contributed by atoms with van der Waals surface area (Å²) in [6.07, 6.45) is 1.70. The molecule has 1 amide bonds. The van der Waals surface area contributed by atoms with Gasteiger partial charge in [-0.2, -0.15) is 5.26 Å². The van der Waals surface area contributed by atoms with Crippen LogP contribution < -0.4 is 0 Å². The van der Waals surface area contributed by atoms with Gasteiger partial charge in [0.15, 0.2) is 0 Å². The molecule has 5 nitrogen and oxygen atoms in total. The highest BCUT2D eigenvalue weighted by Crippen LogP contribution is 2.50. The van der Waals surface area contributed by atoms with Crippen LogP contribution in [0.15, 0.2) is 42.0 Å². The molecule has 4 atom stereocenters. The van der Waals surface area contributed by atoms with Gasteiger partial charge in [0, 0.05) is 20.2 Å². The summed E-state index contributed by atoms with van der Waals surface area (Å²) in [5.74, 6) is -0.194. The predicted octanol–water partition coefficient (Wildman–Crippen LogP) is 1.88. The topological polar surface area (TPSA) is 73.6 Å². The number of aliphatic hydroxyl groups is 1. The van der Waals surface area contributed by atoms with Crippen LogP contribution >= 0.6 is 0 Å². The number of nitrogens with zero attached hydrogens (tertiary/aromatic N) is 2. The van der Waals surface area contributed by atoms with Gasteiger partial charge in [-0.15, -0.1) is 0 Å². The third-order valence-electron chi connectivity index (χ3n) is 5.72. The Labute approximate surface area is 148 Å². The lowest BCUT2D eigenvalue weighted by Crippen LogP contribution is -2.60. The SMILES string of the molecule is COCCN1CC[C@H]2[C@H](C)C(O)C(C#N)=C[C@]2(c2ccccc2)C1=O. The quantitative estimate of drug-likeness (QED) is 0.908. The van der Waals surface area contributed by atoms with Crippen LogP contribution in [0.2, 0.25) is 0 Å². The second-order valence-corrected chi connectivity index (χ2v) is 6.93. The Bertz CT molecular complexity index is 709. The van der Waals surface area contributed by atoms with Crippen molar-refractivity contribution in [1.82, 2.24) is 4.90 Å². The van der Waals surface area contributed by atoms with E-state index in [2.05, 4.69) is 6.07 Å². The Morgan fingerprint density at radius 1 is 1.40 bits per heavy atom. The average molecular weight is 340 g/mol. The van der Waals surface area contributed by atoms with Crippen molar-refractivity contribution < 1.29 is 14.6 Å². The van der Waals surface area contributed by atoms with Crippen molar-refractivity contribution in [2.75, 3.05) is 26.8 Å². The molecule has 2 aliphatic rings. The number of amides is 1. The van der Waals surface area contributed by atoms with Gasteiger partial charge in [-0.3, -0.25) is 4.79 Å². The summed E-state index contributed by atoms with van der Waals surface area (Å²) >= 11 is 0. The summed E-state index contributed by atoms with van der Waals surface area (Å²) in [4.78, 5) is 15.4. The molecule has 0 bridgehead atoms. The van der Waals surface area contributed by atoms with Crippen LogP contribution in [0.25, 0.3) is 0 Å². The lowest BCUT2D eigenvalue weighted by atomic mass is 9.56. The van der Waals surface area contributed by atoms with Crippen molar-refractivity contribution in [2.45, 2.75) is 24.9 Å². The zero-order valence-electron chi connectivity index (χ0n) is 14.7. The molecule has 3 rings (SSSR count). The summed E-state index contributed by atoms with van der Waals surface area (Å²) in [5.41, 5.74) is 0.282. The van der Waals surface area contributed by atoms with Gasteiger partial charge in [0.1, 0.15) is 0 Å². The van der Waals surface area contributed by atoms with Crippen molar-refractivity contribution in [3.8, 4) is 6.07 Å². The molecular formula is C20H24N2O3. The fourth-order valence-corrected chi connectivity index (χ4v) is 4.37. The molecule has 25 heavy (non-hydrogen) atoms. The standard InChI is InChI=1S/C20H24N2O3/c1-14-17-8-9-22(10-11-25-2)19(24)20(17,12-15(13-21)18(14)23)16-6-4-3-5-7-16/h3-7,12,14,17-18,23H,8-11H2,1-2H3/t14-,17-,18?,20+/m0/s1. The molecule has 1 heterocycles. The van der Waals surface area contributed by atoms with Gasteiger partial charge in [0.2, 0.25) is 5.91 Å². The van der Waals surface area contributed by atoms with Gasteiger partial charge >= 0.3 is 0 Å². The molecule has 1 N–H and O–H groups in total. The Morgan fingerprint density at radius 2 is 2.12 bits per heavy atom. The van der Waals surface area contributed by atoms with Crippen LogP contribution in [0.5, 0.6) is 0 Å². The van der Waals surface area contributed by atoms with Crippen LogP contribution in [-0.2, 0) is 14.9 Å². The molecule has 0 aromatic heterocycles. The Morgan fingerprint density at radius 3 is 2.76 bits per heavy atom. The van der Waals surface area contributed by atoms with Crippen LogP contribution in [0.1, 0.15) is 18.9 Å². The summed E-state index contributed by atoms with van der Waals surface area (Å²) < 4.78 is 5.15. The number of fused-ring (bicyclic) bond motifs is 1. The van der Waals surface area contributed by atoms with E-state index in [0.29, 0.717) is 19.7 Å². The Balaban J connectivity index is 2.16. The number of likely N-dealkylation sites (tertiary alicyclic amines) is 1. The van der Waals surface area contributed by atoms with Crippen molar-refractivity contribution >= 4 is 5.91 Å². The van der Waals surface area contributed by atoms with Gasteiger partial charge in [0.05, 0.1) is 29.8 Å². The lowest BCUT2D eigenvalue weighted by molar-refractivity contribution is -0.145. The molecule has 0 saturated carbocycles. The maximum Gasteiger partial charge on any atom is 0.237 e. The highest BCUT2D eigenvalue weighted by atomic mass is 16.5. The first-order chi connectivity index (χ1) is 12.1. The minimum atomic E-state index is -0.892. The van der Waals surface area contributed by atoms with E-state index in [1.54, 1.807) is 13.2 Å². The fraction of sp³-hybridized carbons (Fsp3) is 0.500. The summed E-state index contributed by atoms with van der Waals surface area (Å²) in [5, 5.41) is 20.0. The number of hydrogen-bond acceptors (Lipinski definition) is 4. The summed E-state index contributed by atoms with van der Waals surface area (Å²) in [6.45, 7) is 3.60. The molecule has 1 unspecified atom stereocenters. The number of carbonyl (C=O) groups excluding carboxylic acids is 1. The van der Waals surface area contributed by atoms with Crippen LogP contribution in [0, 0.1) is 23.2 Å². The molecule has 0 spiro atoms. The molecule has 1 aromatic carbocycles. The molecular weight excluding hydrogens is 316 g/mol. The largest absolute Gasteiger partial charge is 0.387 e. The number of benzene rings is 1. The first kappa shape index (κ1) is 17.7. The van der Waals surface area contributed by atoms with Crippen molar-refractivity contribution in [1.29, 1.82) is 5.26 Å². The molecule has 1 aliphatic heterocycles. The van der Waals surface area contributed by atoms with Crippen molar-refractivity contribution in [2.24, 2.45) is 11.8 Å². The summed E-state index contributed by atoms with van der Waals surface area (Å²) in [6, 6.07) is 11.7. The van der Waals surface area contributed by atoms with Crippen LogP contribution in [-0.4, -0.2) is 48.8 Å². The molecule has 0 radical (unpaired) electrons. The van der Waals surface area contributed by atoms with Crippen molar-refractivity contribution in [3.63, 3.8) is 0 Å². The van der Waals surface area contributed by atoms with E-state index in [1.165, 1.54) is 0 Å². The number of methoxy groups -OCH3 is 1. The van der Waals surface area contributed by atoms with Gasteiger partial charge in [0.25, 0.3) is 0 Å². The second-order valence-electron chi connectivity index (χ2n) is 6.93. The van der Waals surface area contributed by atoms with E-state index in [4.69, 9.17) is 4.74 Å². The predicted molar refractivity (Wildman–Crippen MR) is 93.5 cm³/mol. The second kappa shape index (κ2) is 6.99. The number of aliphatic hydroxyl groups excluding tert-OH is 1. The number of hydrogen-bond donors (Lipinski definition) is 1. The lowest BCUT2D eigenvalue weighted by Gasteiger charge is -2.51. The first-order valence-corrected chi connectivity index (χ1v) is 8.71. The smallest absolute Gasteiger partial charge is 0.237 e. The van der Waals surface area contributed by atoms with E-state index in [0.717, 1.165) is 12.0 Å². The number of rotatable bonds is 4. The average Bonchev–Trinajstić information content (AvgIpc) is 2.65. The first-order valence-electron chi connectivity index (χ1n) is 8.71. The maximum atomic E-state index is 13.5. The van der Waals surface area contributed by atoms with Gasteiger partial charge in [-0.25, -0.2) is 0 Å². The van der Waals surface area contributed by atoms with Gasteiger partial charge in [-0.05, 0) is 29.9 Å². The highest BCUT2D eigenvalue weighted by molar-refractivity contribution is 5.92.